The van der Waals surface area contributed by atoms with E-state index in [1.165, 1.54) is 4.90 Å². The number of aliphatic hydroxyl groups excluding tert-OH is 1. The first-order valence-corrected chi connectivity index (χ1v) is 3.42. The first kappa shape index (κ1) is 7.34. The third-order valence-electron chi connectivity index (χ3n) is 1.61. The van der Waals surface area contributed by atoms with Crippen molar-refractivity contribution in [3.63, 3.8) is 0 Å². The van der Waals surface area contributed by atoms with Gasteiger partial charge in [-0.05, 0) is 12.8 Å². The minimum absolute atomic E-state index is 0.000556. The molecular weight excluding hydrogens is 132 g/mol. The number of primary amides is 1. The first-order valence-electron chi connectivity index (χ1n) is 3.42. The smallest absolute Gasteiger partial charge is 0.315 e. The van der Waals surface area contributed by atoms with Gasteiger partial charge in [-0.15, -0.1) is 0 Å². The molecule has 58 valence electrons. The number of amides is 2. The normalized spacial score (nSPS) is 16.9. The van der Waals surface area contributed by atoms with E-state index < -0.39 is 6.03 Å². The molecule has 0 unspecified atom stereocenters. The van der Waals surface area contributed by atoms with Crippen LogP contribution in [0, 0.1) is 0 Å². The van der Waals surface area contributed by atoms with Crippen molar-refractivity contribution in [1.82, 2.24) is 4.90 Å². The van der Waals surface area contributed by atoms with E-state index in [1.807, 2.05) is 0 Å². The van der Waals surface area contributed by atoms with E-state index in [4.69, 9.17) is 10.8 Å². The molecule has 1 aliphatic carbocycles. The average molecular weight is 144 g/mol. The third-order valence-corrected chi connectivity index (χ3v) is 1.61. The van der Waals surface area contributed by atoms with Crippen LogP contribution in [0.25, 0.3) is 0 Å². The number of nitrogens with two attached hydrogens (primary N) is 1. The Hall–Kier alpha value is -0.770. The lowest BCUT2D eigenvalue weighted by Crippen LogP contribution is -2.39. The van der Waals surface area contributed by atoms with E-state index in [1.54, 1.807) is 0 Å². The summed E-state index contributed by atoms with van der Waals surface area (Å²) in [6, 6.07) is -0.110. The van der Waals surface area contributed by atoms with E-state index in [9.17, 15) is 4.79 Å². The molecule has 0 heterocycles. The molecule has 0 aliphatic heterocycles. The minimum Gasteiger partial charge on any atom is -0.395 e. The van der Waals surface area contributed by atoms with Gasteiger partial charge in [0.2, 0.25) is 0 Å². The monoisotopic (exact) mass is 144 g/mol. The molecule has 1 rings (SSSR count). The van der Waals surface area contributed by atoms with Gasteiger partial charge in [0.1, 0.15) is 0 Å². The molecule has 0 aromatic rings. The van der Waals surface area contributed by atoms with Crippen LogP contribution in [0.2, 0.25) is 0 Å². The molecule has 0 radical (unpaired) electrons. The molecule has 4 nitrogen and oxygen atoms in total. The molecule has 1 fully saturated rings. The van der Waals surface area contributed by atoms with Crippen LogP contribution in [0.5, 0.6) is 0 Å². The summed E-state index contributed by atoms with van der Waals surface area (Å²) in [5.74, 6) is 0. The second kappa shape index (κ2) is 2.88. The lowest BCUT2D eigenvalue weighted by molar-refractivity contribution is 0.181. The molecular formula is C6H12N2O2. The van der Waals surface area contributed by atoms with Crippen LogP contribution in [0.1, 0.15) is 12.8 Å². The van der Waals surface area contributed by atoms with E-state index >= 15 is 0 Å². The Labute approximate surface area is 59.6 Å². The Kier molecular flexibility index (Phi) is 2.11. The highest BCUT2D eigenvalue weighted by Crippen LogP contribution is 2.25. The zero-order chi connectivity index (χ0) is 7.56. The maximum Gasteiger partial charge on any atom is 0.315 e. The van der Waals surface area contributed by atoms with Crippen LogP contribution in [-0.2, 0) is 0 Å². The predicted octanol–water partition coefficient (Wildman–Crippen LogP) is -0.478. The first-order chi connectivity index (χ1) is 4.75. The fourth-order valence-corrected chi connectivity index (χ4v) is 0.967. The molecule has 0 saturated heterocycles. The predicted molar refractivity (Wildman–Crippen MR) is 36.4 cm³/mol. The van der Waals surface area contributed by atoms with Crippen molar-refractivity contribution in [3.05, 3.63) is 0 Å². The van der Waals surface area contributed by atoms with Gasteiger partial charge in [0, 0.05) is 12.6 Å². The van der Waals surface area contributed by atoms with Crippen LogP contribution in [0.15, 0.2) is 0 Å². The van der Waals surface area contributed by atoms with Crippen molar-refractivity contribution < 1.29 is 9.90 Å². The zero-order valence-electron chi connectivity index (χ0n) is 5.79. The Balaban J connectivity index is 2.34. The fourth-order valence-electron chi connectivity index (χ4n) is 0.967. The van der Waals surface area contributed by atoms with E-state index in [0.29, 0.717) is 12.6 Å². The van der Waals surface area contributed by atoms with Gasteiger partial charge in [-0.1, -0.05) is 0 Å². The molecule has 2 amide bonds. The fraction of sp³-hybridized carbons (Fsp3) is 0.833. The number of hydrogen-bond acceptors (Lipinski definition) is 2. The van der Waals surface area contributed by atoms with Crippen molar-refractivity contribution in [2.45, 2.75) is 18.9 Å². The Morgan fingerprint density at radius 2 is 2.30 bits per heavy atom. The molecule has 1 aliphatic rings. The van der Waals surface area contributed by atoms with Crippen LogP contribution in [0.4, 0.5) is 4.79 Å². The maximum absolute atomic E-state index is 10.6. The molecule has 0 aromatic heterocycles. The summed E-state index contributed by atoms with van der Waals surface area (Å²) < 4.78 is 0. The van der Waals surface area contributed by atoms with Crippen LogP contribution >= 0.6 is 0 Å². The molecule has 0 bridgehead atoms. The number of carbonyl (C=O) groups excluding carboxylic acids is 1. The van der Waals surface area contributed by atoms with Gasteiger partial charge >= 0.3 is 6.03 Å². The number of hydrogen-bond donors (Lipinski definition) is 2. The van der Waals surface area contributed by atoms with Gasteiger partial charge in [-0.3, -0.25) is 0 Å². The molecule has 0 spiro atoms. The summed E-state index contributed by atoms with van der Waals surface area (Å²) in [7, 11) is 0. The van der Waals surface area contributed by atoms with Crippen LogP contribution < -0.4 is 5.73 Å². The van der Waals surface area contributed by atoms with Gasteiger partial charge < -0.3 is 15.7 Å². The highest BCUT2D eigenvalue weighted by atomic mass is 16.3. The van der Waals surface area contributed by atoms with E-state index in [2.05, 4.69) is 0 Å². The van der Waals surface area contributed by atoms with Crippen molar-refractivity contribution >= 4 is 6.03 Å². The standard InChI is InChI=1S/C6H12N2O2/c7-6(10)8(3-4-9)5-1-2-5/h5,9H,1-4H2,(H2,7,10). The summed E-state index contributed by atoms with van der Waals surface area (Å²) in [5, 5.41) is 8.51. The summed E-state index contributed by atoms with van der Waals surface area (Å²) in [6.07, 6.45) is 2.06. The average Bonchev–Trinajstić information content (AvgIpc) is 2.63. The quantitative estimate of drug-likeness (QED) is 0.562. The zero-order valence-corrected chi connectivity index (χ0v) is 5.79. The highest BCUT2D eigenvalue weighted by Gasteiger charge is 2.30. The number of aliphatic hydroxyl groups is 1. The molecule has 0 atom stereocenters. The van der Waals surface area contributed by atoms with Crippen LogP contribution in [-0.4, -0.2) is 35.2 Å². The Bertz CT molecular complexity index is 134. The summed E-state index contributed by atoms with van der Waals surface area (Å²) in [6.45, 7) is 0.374. The lowest BCUT2D eigenvalue weighted by atomic mass is 10.5. The van der Waals surface area contributed by atoms with Gasteiger partial charge in [0.25, 0.3) is 0 Å². The van der Waals surface area contributed by atoms with Gasteiger partial charge in [0.05, 0.1) is 6.61 Å². The largest absolute Gasteiger partial charge is 0.395 e. The SMILES string of the molecule is NC(=O)N(CCO)C1CC1. The number of nitrogens with zero attached hydrogens (tertiary/aromatic N) is 1. The van der Waals surface area contributed by atoms with Crippen molar-refractivity contribution in [3.8, 4) is 0 Å². The molecule has 10 heavy (non-hydrogen) atoms. The number of urea groups is 1. The molecule has 3 N–H and O–H groups in total. The van der Waals surface area contributed by atoms with Gasteiger partial charge in [0.15, 0.2) is 0 Å². The Morgan fingerprint density at radius 3 is 2.60 bits per heavy atom. The topological polar surface area (TPSA) is 66.6 Å². The number of carbonyl (C=O) groups is 1. The van der Waals surface area contributed by atoms with Gasteiger partial charge in [-0.25, -0.2) is 4.79 Å². The summed E-state index contributed by atoms with van der Waals surface area (Å²) >= 11 is 0. The Morgan fingerprint density at radius 1 is 1.70 bits per heavy atom. The second-order valence-electron chi connectivity index (χ2n) is 2.49. The third kappa shape index (κ3) is 1.60. The van der Waals surface area contributed by atoms with Crippen molar-refractivity contribution in [1.29, 1.82) is 0 Å². The van der Waals surface area contributed by atoms with Gasteiger partial charge in [-0.2, -0.15) is 0 Å². The number of rotatable bonds is 3. The summed E-state index contributed by atoms with van der Waals surface area (Å²) in [5.41, 5.74) is 5.04. The maximum atomic E-state index is 10.6. The summed E-state index contributed by atoms with van der Waals surface area (Å²) in [4.78, 5) is 12.1. The molecule has 4 heteroatoms. The van der Waals surface area contributed by atoms with Crippen LogP contribution in [0.3, 0.4) is 0 Å². The van der Waals surface area contributed by atoms with Crippen molar-refractivity contribution in [2.75, 3.05) is 13.2 Å². The van der Waals surface area contributed by atoms with E-state index in [-0.39, 0.29) is 6.61 Å². The molecule has 1 saturated carbocycles. The molecule has 0 aromatic carbocycles. The highest BCUT2D eigenvalue weighted by molar-refractivity contribution is 5.72. The van der Waals surface area contributed by atoms with E-state index in [0.717, 1.165) is 12.8 Å². The minimum atomic E-state index is -0.420. The van der Waals surface area contributed by atoms with Crippen molar-refractivity contribution in [2.24, 2.45) is 5.73 Å². The second-order valence-corrected chi connectivity index (χ2v) is 2.49. The lowest BCUT2D eigenvalue weighted by Gasteiger charge is -2.17.